The molecule has 0 aromatic carbocycles. The first-order valence-corrected chi connectivity index (χ1v) is 5.07. The van der Waals surface area contributed by atoms with Crippen LogP contribution < -0.4 is 4.90 Å². The van der Waals surface area contributed by atoms with Crippen LogP contribution in [0.1, 0.15) is 10.4 Å². The summed E-state index contributed by atoms with van der Waals surface area (Å²) in [5, 5.41) is 19.8. The molecule has 1 aliphatic heterocycles. The van der Waals surface area contributed by atoms with Gasteiger partial charge < -0.3 is 5.11 Å². The summed E-state index contributed by atoms with van der Waals surface area (Å²) >= 11 is 5.58. The van der Waals surface area contributed by atoms with E-state index in [1.54, 1.807) is 0 Å². The van der Waals surface area contributed by atoms with E-state index in [2.05, 4.69) is 4.98 Å². The summed E-state index contributed by atoms with van der Waals surface area (Å²) in [6.45, 7) is 0. The van der Waals surface area contributed by atoms with Crippen LogP contribution in [0.2, 0.25) is 5.02 Å². The van der Waals surface area contributed by atoms with Gasteiger partial charge in [-0.05, 0) is 6.07 Å². The molecule has 2 heterocycles. The number of carbonyl (C=O) groups excluding carboxylic acids is 2. The highest BCUT2D eigenvalue weighted by molar-refractivity contribution is 6.33. The molecule has 1 amide bonds. The van der Waals surface area contributed by atoms with Gasteiger partial charge in [0.15, 0.2) is 5.82 Å². The third kappa shape index (κ3) is 1.58. The zero-order chi connectivity index (χ0) is 13.6. The number of aromatic hydroxyl groups is 1. The molecule has 8 nitrogen and oxygen atoms in total. The van der Waals surface area contributed by atoms with Crippen molar-refractivity contribution in [3.63, 3.8) is 0 Å². The number of likely N-dealkylation sites (N-methyl/N-ethyl adjacent to an activating group) is 1. The van der Waals surface area contributed by atoms with Gasteiger partial charge in [-0.2, -0.15) is 4.98 Å². The van der Waals surface area contributed by atoms with Crippen LogP contribution in [-0.4, -0.2) is 39.8 Å². The molecule has 0 bridgehead atoms. The molecule has 1 N–H and O–H groups in total. The highest BCUT2D eigenvalue weighted by Gasteiger charge is 2.47. The number of carbonyl (C=O) groups is 2. The second kappa shape index (κ2) is 3.91. The fourth-order valence-corrected chi connectivity index (χ4v) is 1.79. The molecule has 18 heavy (non-hydrogen) atoms. The maximum absolute atomic E-state index is 11.8. The van der Waals surface area contributed by atoms with Crippen LogP contribution in [0.15, 0.2) is 6.07 Å². The number of pyridine rings is 1. The number of halogens is 1. The van der Waals surface area contributed by atoms with Crippen molar-refractivity contribution in [2.75, 3.05) is 11.9 Å². The number of hydrogen-bond donors (Lipinski definition) is 1. The Hall–Kier alpha value is -2.22. The third-order valence-corrected chi connectivity index (χ3v) is 2.82. The number of rotatable bonds is 1. The van der Waals surface area contributed by atoms with E-state index < -0.39 is 28.5 Å². The minimum absolute atomic E-state index is 0.148. The third-order valence-electron chi connectivity index (χ3n) is 2.54. The molecule has 1 unspecified atom stereocenters. The van der Waals surface area contributed by atoms with Crippen LogP contribution in [0.3, 0.4) is 0 Å². The minimum Gasteiger partial charge on any atom is -0.492 e. The molecular formula is C9H6ClN3O5. The Morgan fingerprint density at radius 3 is 2.72 bits per heavy atom. The average Bonchev–Trinajstić information content (AvgIpc) is 2.29. The van der Waals surface area contributed by atoms with Crippen molar-refractivity contribution < 1.29 is 19.6 Å². The number of fused-ring (bicyclic) bond motifs is 1. The molecule has 0 spiro atoms. The lowest BCUT2D eigenvalue weighted by Gasteiger charge is -2.25. The van der Waals surface area contributed by atoms with E-state index in [9.17, 15) is 24.8 Å². The Bertz CT molecular complexity index is 588. The van der Waals surface area contributed by atoms with E-state index in [4.69, 9.17) is 11.6 Å². The van der Waals surface area contributed by atoms with Crippen LogP contribution >= 0.6 is 11.6 Å². The van der Waals surface area contributed by atoms with Crippen LogP contribution in [0.4, 0.5) is 5.82 Å². The van der Waals surface area contributed by atoms with Gasteiger partial charge in [0.2, 0.25) is 11.7 Å². The summed E-state index contributed by atoms with van der Waals surface area (Å²) in [5.74, 6) is -2.70. The molecule has 9 heteroatoms. The smallest absolute Gasteiger partial charge is 0.351 e. The number of nitrogens with zero attached hydrogens (tertiary/aromatic N) is 3. The quantitative estimate of drug-likeness (QED) is 0.445. The molecule has 2 rings (SSSR count). The molecule has 0 saturated heterocycles. The van der Waals surface area contributed by atoms with Crippen molar-refractivity contribution in [1.29, 1.82) is 0 Å². The van der Waals surface area contributed by atoms with Crippen LogP contribution in [0.5, 0.6) is 5.88 Å². The summed E-state index contributed by atoms with van der Waals surface area (Å²) in [4.78, 5) is 37.6. The Balaban J connectivity index is 2.67. The number of anilines is 1. The van der Waals surface area contributed by atoms with Gasteiger partial charge in [0, 0.05) is 12.0 Å². The van der Waals surface area contributed by atoms with Gasteiger partial charge in [-0.3, -0.25) is 24.6 Å². The number of Topliss-reactive ketones (excluding diaryl/α,β-unsaturated/α-hetero) is 1. The average molecular weight is 272 g/mol. The Labute approximate surface area is 105 Å². The monoisotopic (exact) mass is 271 g/mol. The maximum atomic E-state index is 11.8. The lowest BCUT2D eigenvalue weighted by atomic mass is 9.99. The molecule has 0 saturated carbocycles. The largest absolute Gasteiger partial charge is 0.492 e. The topological polar surface area (TPSA) is 114 Å². The summed E-state index contributed by atoms with van der Waals surface area (Å²) in [7, 11) is 1.23. The van der Waals surface area contributed by atoms with Gasteiger partial charge in [-0.1, -0.05) is 11.6 Å². The van der Waals surface area contributed by atoms with Crippen molar-refractivity contribution in [3.8, 4) is 5.88 Å². The van der Waals surface area contributed by atoms with Crippen molar-refractivity contribution in [2.45, 2.75) is 6.04 Å². The Kier molecular flexibility index (Phi) is 2.66. The lowest BCUT2D eigenvalue weighted by Crippen LogP contribution is -2.50. The summed E-state index contributed by atoms with van der Waals surface area (Å²) in [5.41, 5.74) is -0.165. The van der Waals surface area contributed by atoms with E-state index in [1.807, 2.05) is 0 Å². The number of aromatic nitrogens is 1. The second-order valence-corrected chi connectivity index (χ2v) is 4.02. The molecule has 94 valence electrons. The fourth-order valence-electron chi connectivity index (χ4n) is 1.64. The number of ketones is 1. The van der Waals surface area contributed by atoms with E-state index in [0.717, 1.165) is 11.0 Å². The van der Waals surface area contributed by atoms with Crippen molar-refractivity contribution in [2.24, 2.45) is 0 Å². The van der Waals surface area contributed by atoms with Crippen molar-refractivity contribution in [3.05, 3.63) is 26.8 Å². The highest BCUT2D eigenvalue weighted by atomic mass is 35.5. The first-order chi connectivity index (χ1) is 8.34. The van der Waals surface area contributed by atoms with Crippen LogP contribution in [-0.2, 0) is 4.79 Å². The minimum atomic E-state index is -2.00. The molecule has 1 atom stereocenters. The van der Waals surface area contributed by atoms with Gasteiger partial charge in [0.1, 0.15) is 5.02 Å². The summed E-state index contributed by atoms with van der Waals surface area (Å²) in [6, 6.07) is -0.939. The first kappa shape index (κ1) is 12.2. The van der Waals surface area contributed by atoms with Gasteiger partial charge in [-0.15, -0.1) is 0 Å². The summed E-state index contributed by atoms with van der Waals surface area (Å²) in [6.07, 6.45) is 0. The van der Waals surface area contributed by atoms with Gasteiger partial charge in [-0.25, -0.2) is 0 Å². The van der Waals surface area contributed by atoms with E-state index in [1.165, 1.54) is 7.05 Å². The van der Waals surface area contributed by atoms with E-state index >= 15 is 0 Å². The van der Waals surface area contributed by atoms with Crippen LogP contribution in [0, 0.1) is 10.1 Å². The Morgan fingerprint density at radius 1 is 1.56 bits per heavy atom. The number of hydrogen-bond acceptors (Lipinski definition) is 6. The number of nitro groups is 1. The zero-order valence-electron chi connectivity index (χ0n) is 8.95. The van der Waals surface area contributed by atoms with Gasteiger partial charge in [0.05, 0.1) is 5.56 Å². The SMILES string of the molecule is CN1C(=O)C([N+](=O)[O-])C(=O)c2cc(Cl)c(O)nc21. The van der Waals surface area contributed by atoms with Crippen molar-refractivity contribution >= 4 is 29.1 Å². The normalized spacial score (nSPS) is 18.8. The van der Waals surface area contributed by atoms with E-state index in [0.29, 0.717) is 0 Å². The molecule has 1 aromatic rings. The highest BCUT2D eigenvalue weighted by Crippen LogP contribution is 2.32. The van der Waals surface area contributed by atoms with Gasteiger partial charge >= 0.3 is 11.9 Å². The predicted octanol–water partition coefficient (Wildman–Crippen LogP) is 0.245. The molecule has 1 aliphatic rings. The number of amides is 1. The molecular weight excluding hydrogens is 266 g/mol. The Morgan fingerprint density at radius 2 is 2.17 bits per heavy atom. The molecule has 0 aliphatic carbocycles. The predicted molar refractivity (Wildman–Crippen MR) is 59.4 cm³/mol. The first-order valence-electron chi connectivity index (χ1n) is 4.69. The molecule has 0 fully saturated rings. The molecule has 0 radical (unpaired) electrons. The molecule has 1 aromatic heterocycles. The maximum Gasteiger partial charge on any atom is 0.351 e. The van der Waals surface area contributed by atoms with E-state index in [-0.39, 0.29) is 16.4 Å². The van der Waals surface area contributed by atoms with Gasteiger partial charge in [0.25, 0.3) is 0 Å². The fraction of sp³-hybridized carbons (Fsp3) is 0.222. The second-order valence-electron chi connectivity index (χ2n) is 3.61. The van der Waals surface area contributed by atoms with Crippen molar-refractivity contribution in [1.82, 2.24) is 4.98 Å². The standard InChI is InChI=1S/C9H6ClN3O5/c1-12-7-3(2-4(10)8(15)11-7)6(14)5(9(12)16)13(17)18/h2,5H,1H3,(H,11,15). The summed E-state index contributed by atoms with van der Waals surface area (Å²) < 4.78 is 0. The lowest BCUT2D eigenvalue weighted by molar-refractivity contribution is -0.491. The zero-order valence-corrected chi connectivity index (χ0v) is 9.71. The van der Waals surface area contributed by atoms with Crippen LogP contribution in [0.25, 0.3) is 0 Å².